The molecular weight excluding hydrogens is 1620 g/mol. The second kappa shape index (κ2) is 37.1. The summed E-state index contributed by atoms with van der Waals surface area (Å²) in [6, 6.07) is 57.3. The monoisotopic (exact) mass is 1700 g/mol. The quantitative estimate of drug-likeness (QED) is 0.0418. The molecule has 2 saturated carbocycles. The van der Waals surface area contributed by atoms with Crippen molar-refractivity contribution in [3.05, 3.63) is 250 Å². The number of fused-ring (bicyclic) bond motifs is 4. The van der Waals surface area contributed by atoms with Crippen molar-refractivity contribution in [3.8, 4) is 45.0 Å². The predicted molar refractivity (Wildman–Crippen MR) is 471 cm³/mol. The summed E-state index contributed by atoms with van der Waals surface area (Å²) < 4.78 is 82.4. The molecule has 8 aromatic heterocycles. The van der Waals surface area contributed by atoms with Crippen molar-refractivity contribution < 1.29 is 26.3 Å². The number of piperidine rings is 2. The molecule has 10 heterocycles. The predicted octanol–water partition coefficient (Wildman–Crippen LogP) is 24.5. The van der Waals surface area contributed by atoms with Crippen LogP contribution in [0.15, 0.2) is 200 Å². The number of H-pyrrole nitrogens is 4. The maximum absolute atomic E-state index is 13.8. The Morgan fingerprint density at radius 2 is 0.623 bits per heavy atom. The zero-order valence-corrected chi connectivity index (χ0v) is 68.3. The molecule has 0 amide bonds. The van der Waals surface area contributed by atoms with Gasteiger partial charge in [-0.3, -0.25) is 20.4 Å². The van der Waals surface area contributed by atoms with E-state index in [1.807, 2.05) is 115 Å². The zero-order chi connectivity index (χ0) is 83.6. The number of para-hydroxylation sites is 1. The summed E-state index contributed by atoms with van der Waals surface area (Å²) in [7, 11) is 0. The number of hydrogen-bond donors (Lipinski definition) is 8. The molecule has 4 aliphatic rings. The Kier molecular flexibility index (Phi) is 24.8. The SMILES string of the molecule is Clc1ccccc1-c1cc(N2CCCCC2)nc(Nc2n[nH]c3ccccc23)n1.Fc1ccc2[nH]nc(Nc3nc(-c4ccccc4C(F)(F)F)cc(C4CCCCC4)n3)c2c1.Fc1ccc2[nH]nc(Nc3nc(-c4ccccc4Cl)cc(C4CCCCC4)n3)c2c1.Fc1ccc2[nH]nc(Nc3nc(-c4ccccc4Cl)cc(N4CCCCC4)n3)c2c1. The minimum Gasteiger partial charge on any atom is -0.356 e. The molecule has 20 rings (SSSR count). The van der Waals surface area contributed by atoms with Gasteiger partial charge in [-0.25, -0.2) is 43.1 Å². The number of nitrogens with zero attached hydrogens (tertiary/aromatic N) is 14. The van der Waals surface area contributed by atoms with E-state index in [-0.39, 0.29) is 34.8 Å². The third-order valence-electron chi connectivity index (χ3n) is 22.2. The summed E-state index contributed by atoms with van der Waals surface area (Å²) in [6.45, 7) is 3.91. The topological polar surface area (TPSA) is 272 Å². The molecule has 0 atom stereocenters. The van der Waals surface area contributed by atoms with Gasteiger partial charge in [0.15, 0.2) is 23.3 Å². The van der Waals surface area contributed by atoms with Gasteiger partial charge in [0.25, 0.3) is 0 Å². The van der Waals surface area contributed by atoms with Gasteiger partial charge in [0.2, 0.25) is 23.8 Å². The third-order valence-corrected chi connectivity index (χ3v) is 23.2. The number of hydrogen-bond acceptors (Lipinski definition) is 18. The van der Waals surface area contributed by atoms with Gasteiger partial charge in [-0.05, 0) is 167 Å². The Balaban J connectivity index is 0.000000116. The van der Waals surface area contributed by atoms with Gasteiger partial charge in [0.1, 0.15) is 29.1 Å². The van der Waals surface area contributed by atoms with Crippen molar-refractivity contribution in [2.75, 3.05) is 57.2 Å². The van der Waals surface area contributed by atoms with E-state index in [1.54, 1.807) is 30.3 Å². The van der Waals surface area contributed by atoms with Gasteiger partial charge < -0.3 is 31.1 Å². The summed E-state index contributed by atoms with van der Waals surface area (Å²) in [6.07, 6.45) is 13.6. The Labute approximate surface area is 712 Å². The molecule has 0 unspecified atom stereocenters. The minimum atomic E-state index is -4.52. The van der Waals surface area contributed by atoms with Gasteiger partial charge in [-0.15, -0.1) is 0 Å². The fourth-order valence-corrected chi connectivity index (χ4v) is 16.7. The maximum atomic E-state index is 13.8. The van der Waals surface area contributed by atoms with E-state index in [2.05, 4.69) is 86.8 Å². The van der Waals surface area contributed by atoms with Crippen LogP contribution in [0.3, 0.4) is 0 Å². The second-order valence-corrected chi connectivity index (χ2v) is 31.7. The summed E-state index contributed by atoms with van der Waals surface area (Å²) in [5.74, 6) is 4.69. The van der Waals surface area contributed by atoms with Crippen LogP contribution < -0.4 is 31.1 Å². The van der Waals surface area contributed by atoms with Crippen LogP contribution in [0.2, 0.25) is 15.1 Å². The molecule has 8 N–H and O–H groups in total. The van der Waals surface area contributed by atoms with E-state index in [1.165, 1.54) is 93.5 Å². The number of aromatic nitrogens is 16. The van der Waals surface area contributed by atoms with Crippen LogP contribution in [-0.4, -0.2) is 107 Å². The fraction of sp³-hybridized carbons (Fsp3) is 0.253. The molecule has 2 aliphatic heterocycles. The lowest BCUT2D eigenvalue weighted by Gasteiger charge is -2.28. The molecule has 8 aromatic carbocycles. The van der Waals surface area contributed by atoms with Crippen molar-refractivity contribution in [2.45, 2.75) is 121 Å². The van der Waals surface area contributed by atoms with Gasteiger partial charge in [0.05, 0.1) is 50.4 Å². The molecule has 122 heavy (non-hydrogen) atoms. The highest BCUT2D eigenvalue weighted by atomic mass is 35.5. The Morgan fingerprint density at radius 1 is 0.311 bits per heavy atom. The number of rotatable bonds is 16. The van der Waals surface area contributed by atoms with E-state index in [0.29, 0.717) is 89.5 Å². The van der Waals surface area contributed by atoms with Crippen molar-refractivity contribution >= 4 is 137 Å². The van der Waals surface area contributed by atoms with Crippen LogP contribution >= 0.6 is 34.8 Å². The van der Waals surface area contributed by atoms with E-state index in [0.717, 1.165) is 163 Å². The van der Waals surface area contributed by atoms with E-state index < -0.39 is 17.6 Å². The molecule has 620 valence electrons. The van der Waals surface area contributed by atoms with Gasteiger partial charge >= 0.3 is 6.18 Å². The lowest BCUT2D eigenvalue weighted by molar-refractivity contribution is -0.137. The van der Waals surface area contributed by atoms with Crippen molar-refractivity contribution in [1.82, 2.24) is 80.7 Å². The highest BCUT2D eigenvalue weighted by Crippen LogP contribution is 2.42. The third kappa shape index (κ3) is 19.2. The first-order valence-electron chi connectivity index (χ1n) is 40.9. The molecule has 16 aromatic rings. The first-order valence-corrected chi connectivity index (χ1v) is 42.0. The van der Waals surface area contributed by atoms with Gasteiger partial charge in [0, 0.05) is 120 Å². The molecule has 0 bridgehead atoms. The molecule has 22 nitrogen and oxygen atoms in total. The first-order chi connectivity index (χ1) is 59.5. The van der Waals surface area contributed by atoms with Crippen LogP contribution in [0, 0.1) is 17.5 Å². The number of nitrogens with one attached hydrogen (secondary N) is 8. The second-order valence-electron chi connectivity index (χ2n) is 30.5. The molecule has 31 heteroatoms. The van der Waals surface area contributed by atoms with Crippen LogP contribution in [0.4, 0.5) is 85.0 Å². The highest BCUT2D eigenvalue weighted by molar-refractivity contribution is 6.34. The van der Waals surface area contributed by atoms with Crippen LogP contribution in [0.25, 0.3) is 88.6 Å². The Bertz CT molecular complexity index is 6180. The van der Waals surface area contributed by atoms with Crippen LogP contribution in [0.1, 0.15) is 132 Å². The van der Waals surface area contributed by atoms with E-state index in [4.69, 9.17) is 59.7 Å². The smallest absolute Gasteiger partial charge is 0.356 e. The van der Waals surface area contributed by atoms with E-state index >= 15 is 0 Å². The average molecular weight is 1710 g/mol. The summed E-state index contributed by atoms with van der Waals surface area (Å²) >= 11 is 19.3. The average Bonchev–Trinajstić information content (AvgIpc) is 1.29. The molecule has 0 radical (unpaired) electrons. The number of alkyl halides is 3. The van der Waals surface area contributed by atoms with Crippen molar-refractivity contribution in [1.29, 1.82) is 0 Å². The van der Waals surface area contributed by atoms with E-state index in [9.17, 15) is 26.3 Å². The molecule has 4 fully saturated rings. The summed E-state index contributed by atoms with van der Waals surface area (Å²) in [5, 5.41) is 46.2. The summed E-state index contributed by atoms with van der Waals surface area (Å²) in [4.78, 5) is 42.1. The van der Waals surface area contributed by atoms with Gasteiger partial charge in [-0.1, -0.05) is 158 Å². The molecule has 2 saturated heterocycles. The van der Waals surface area contributed by atoms with Crippen LogP contribution in [-0.2, 0) is 6.18 Å². The first kappa shape index (κ1) is 81.6. The van der Waals surface area contributed by atoms with Crippen LogP contribution in [0.5, 0.6) is 0 Å². The number of aromatic amines is 4. The largest absolute Gasteiger partial charge is 0.417 e. The number of benzene rings is 8. The standard InChI is InChI=1S/C24H21F4N5.C23H21ClFN5.C22H20ClFN6.C22H21ClN6/c25-15-10-11-19-17(12-15)22(33-32-19)31-23-29-20(14-6-2-1-3-7-14)13-21(30-23)16-8-4-5-9-18(16)24(26,27)28;24-18-9-5-4-8-16(18)21-13-20(14-6-2-1-3-7-14)26-23(27-21)28-22-17-12-15(25)10-11-19(17)29-30-22;23-17-7-3-2-6-15(17)19-13-20(30-10-4-1-5-11-30)26-22(25-19)27-21-16-12-14(24)8-9-18(16)28-29-21;23-17-10-4-2-8-15(17)19-14-20(29-12-6-1-7-13-29)25-22(24-19)26-21-16-9-3-5-11-18(16)27-28-21/h4-5,8-14H,1-3,6-7H2,(H2,29,30,31,32,33);4-5,8-14H,1-3,6-7H2,(H2,26,27,28,29,30);2-3,6-9,12-13H,1,4-5,10-11H2,(H2,25,26,27,28,29);2-5,8-11,14H,1,6-7,12-13H2,(H2,24,25,26,27,28). The summed E-state index contributed by atoms with van der Waals surface area (Å²) in [5.41, 5.74) is 9.07. The highest BCUT2D eigenvalue weighted by Gasteiger charge is 2.35. The van der Waals surface area contributed by atoms with Crippen molar-refractivity contribution in [2.24, 2.45) is 0 Å². The van der Waals surface area contributed by atoms with Crippen molar-refractivity contribution in [3.63, 3.8) is 0 Å². The lowest BCUT2D eigenvalue weighted by Crippen LogP contribution is -2.30. The normalized spacial score (nSPS) is 14.7. The Morgan fingerprint density at radius 3 is 1.01 bits per heavy atom. The zero-order valence-electron chi connectivity index (χ0n) is 66.0. The number of halogens is 9. The molecule has 2 aliphatic carbocycles. The lowest BCUT2D eigenvalue weighted by atomic mass is 9.86. The Hall–Kier alpha value is -12.8. The minimum absolute atomic E-state index is 0.00885. The fourth-order valence-electron chi connectivity index (χ4n) is 16.0. The number of anilines is 10. The maximum Gasteiger partial charge on any atom is 0.417 e. The molecule has 0 spiro atoms. The molecular formula is C91H83Cl3F6N22. The van der Waals surface area contributed by atoms with Gasteiger partial charge in [-0.2, -0.15) is 43.5 Å².